The number of hydrogen-bond acceptors (Lipinski definition) is 2. The zero-order valence-electron chi connectivity index (χ0n) is 12.7. The van der Waals surface area contributed by atoms with Crippen molar-refractivity contribution in [3.05, 3.63) is 29.1 Å². The van der Waals surface area contributed by atoms with E-state index in [-0.39, 0.29) is 31.0 Å². The van der Waals surface area contributed by atoms with E-state index in [4.69, 9.17) is 4.74 Å². The van der Waals surface area contributed by atoms with E-state index in [0.717, 1.165) is 0 Å². The number of rotatable bonds is 2. The molecule has 2 aliphatic rings. The van der Waals surface area contributed by atoms with Crippen LogP contribution in [0.2, 0.25) is 0 Å². The van der Waals surface area contributed by atoms with Crippen molar-refractivity contribution in [3.8, 4) is 5.75 Å². The first-order valence-electron chi connectivity index (χ1n) is 7.53. The van der Waals surface area contributed by atoms with Crippen molar-refractivity contribution in [2.45, 2.75) is 43.9 Å². The number of hydrogen-bond donors (Lipinski definition) is 1. The van der Waals surface area contributed by atoms with Crippen LogP contribution >= 0.6 is 0 Å². The molecule has 2 bridgehead atoms. The third-order valence-corrected chi connectivity index (χ3v) is 4.59. The minimum atomic E-state index is -2.22. The predicted octanol–water partition coefficient (Wildman–Crippen LogP) is 3.10. The predicted molar refractivity (Wildman–Crippen MR) is 73.0 cm³/mol. The Hall–Kier alpha value is -2.06. The minimum absolute atomic E-state index is 0.185. The number of urea groups is 1. The van der Waals surface area contributed by atoms with Crippen LogP contribution in [0.15, 0.2) is 0 Å². The largest absolute Gasteiger partial charge is 0.484 e. The third-order valence-electron chi connectivity index (χ3n) is 4.59. The van der Waals surface area contributed by atoms with Crippen molar-refractivity contribution in [2.24, 2.45) is 0 Å². The van der Waals surface area contributed by atoms with Crippen LogP contribution in [-0.4, -0.2) is 36.2 Å². The van der Waals surface area contributed by atoms with Crippen LogP contribution in [0.25, 0.3) is 0 Å². The van der Waals surface area contributed by atoms with Crippen LogP contribution in [-0.2, 0) is 0 Å². The molecule has 2 saturated heterocycles. The van der Waals surface area contributed by atoms with Crippen molar-refractivity contribution >= 4 is 6.03 Å². The van der Waals surface area contributed by atoms with Gasteiger partial charge in [0, 0.05) is 32.0 Å². The average Bonchev–Trinajstić information content (AvgIpc) is 2.85. The van der Waals surface area contributed by atoms with Crippen LogP contribution in [0.4, 0.5) is 26.7 Å². The van der Waals surface area contributed by atoms with Crippen LogP contribution in [0, 0.1) is 29.1 Å². The number of piperidine rings is 1. The van der Waals surface area contributed by atoms with Crippen LogP contribution in [0.5, 0.6) is 5.75 Å². The monoisotopic (exact) mass is 350 g/mol. The lowest BCUT2D eigenvalue weighted by atomic mass is 10.00. The third kappa shape index (κ3) is 2.55. The second-order valence-corrected chi connectivity index (χ2v) is 5.96. The Morgan fingerprint density at radius 2 is 1.42 bits per heavy atom. The maximum Gasteiger partial charge on any atom is 0.317 e. The number of benzene rings is 1. The van der Waals surface area contributed by atoms with E-state index in [2.05, 4.69) is 5.32 Å². The Kier molecular flexibility index (Phi) is 4.27. The smallest absolute Gasteiger partial charge is 0.317 e. The molecule has 2 heterocycles. The van der Waals surface area contributed by atoms with Gasteiger partial charge in [-0.2, -0.15) is 8.78 Å². The number of carbonyl (C=O) groups excluding carboxylic acids is 1. The van der Waals surface area contributed by atoms with Gasteiger partial charge in [0.25, 0.3) is 0 Å². The average molecular weight is 350 g/mol. The quantitative estimate of drug-likeness (QED) is 0.506. The summed E-state index contributed by atoms with van der Waals surface area (Å²) in [7, 11) is 1.50. The van der Waals surface area contributed by atoms with Gasteiger partial charge in [-0.15, -0.1) is 0 Å². The highest BCUT2D eigenvalue weighted by atomic mass is 19.2. The molecule has 24 heavy (non-hydrogen) atoms. The summed E-state index contributed by atoms with van der Waals surface area (Å²) in [6, 6.07) is -0.623. The highest BCUT2D eigenvalue weighted by Crippen LogP contribution is 2.38. The number of fused-ring (bicyclic) bond motifs is 2. The van der Waals surface area contributed by atoms with Gasteiger partial charge in [-0.25, -0.2) is 18.0 Å². The van der Waals surface area contributed by atoms with Crippen molar-refractivity contribution < 1.29 is 31.5 Å². The van der Waals surface area contributed by atoms with Gasteiger partial charge in [-0.1, -0.05) is 0 Å². The summed E-state index contributed by atoms with van der Waals surface area (Å²) in [5.41, 5.74) is 0. The van der Waals surface area contributed by atoms with E-state index in [1.807, 2.05) is 0 Å². The second-order valence-electron chi connectivity index (χ2n) is 5.96. The summed E-state index contributed by atoms with van der Waals surface area (Å²) in [5.74, 6) is -11.5. The number of halogens is 5. The van der Waals surface area contributed by atoms with Gasteiger partial charge in [0.15, 0.2) is 5.75 Å². The first kappa shape index (κ1) is 16.8. The lowest BCUT2D eigenvalue weighted by Crippen LogP contribution is -2.52. The SMILES string of the molecule is CNC(=O)N1[C@@H]2CC[C@H]1C[C@@H](Oc1c(F)c(F)c(F)c(F)c1F)C2. The van der Waals surface area contributed by atoms with Crippen molar-refractivity contribution in [1.82, 2.24) is 10.2 Å². The molecule has 4 nitrogen and oxygen atoms in total. The molecule has 2 amide bonds. The molecule has 2 fully saturated rings. The molecular formula is C15H15F5N2O2. The summed E-state index contributed by atoms with van der Waals surface area (Å²) in [6.45, 7) is 0. The topological polar surface area (TPSA) is 41.6 Å². The van der Waals surface area contributed by atoms with Crippen molar-refractivity contribution in [2.75, 3.05) is 7.05 Å². The zero-order valence-corrected chi connectivity index (χ0v) is 12.7. The molecule has 2 aliphatic heterocycles. The Morgan fingerprint density at radius 3 is 1.88 bits per heavy atom. The summed E-state index contributed by atoms with van der Waals surface area (Å²) >= 11 is 0. The number of amides is 2. The number of nitrogens with one attached hydrogen (secondary N) is 1. The van der Waals surface area contributed by atoms with E-state index in [1.54, 1.807) is 4.90 Å². The molecule has 132 valence electrons. The Morgan fingerprint density at radius 1 is 0.958 bits per heavy atom. The molecule has 1 aromatic rings. The van der Waals surface area contributed by atoms with Gasteiger partial charge in [0.1, 0.15) is 6.10 Å². The van der Waals surface area contributed by atoms with Crippen LogP contribution in [0.1, 0.15) is 25.7 Å². The van der Waals surface area contributed by atoms with Gasteiger partial charge in [-0.3, -0.25) is 0 Å². The summed E-state index contributed by atoms with van der Waals surface area (Å²) in [5, 5.41) is 2.52. The fraction of sp³-hybridized carbons (Fsp3) is 0.533. The second kappa shape index (κ2) is 6.10. The van der Waals surface area contributed by atoms with Gasteiger partial charge >= 0.3 is 6.03 Å². The highest BCUT2D eigenvalue weighted by Gasteiger charge is 2.44. The lowest BCUT2D eigenvalue weighted by molar-refractivity contribution is 0.0629. The van der Waals surface area contributed by atoms with Gasteiger partial charge < -0.3 is 15.0 Å². The summed E-state index contributed by atoms with van der Waals surface area (Å²) in [6.07, 6.45) is 1.22. The zero-order chi connectivity index (χ0) is 17.6. The molecule has 0 spiro atoms. The van der Waals surface area contributed by atoms with Crippen molar-refractivity contribution in [3.63, 3.8) is 0 Å². The number of ether oxygens (including phenoxy) is 1. The molecule has 1 N–H and O–H groups in total. The first-order chi connectivity index (χ1) is 11.3. The molecule has 0 aliphatic carbocycles. The van der Waals surface area contributed by atoms with E-state index >= 15 is 0 Å². The Labute approximate surface area is 134 Å². The molecule has 0 radical (unpaired) electrons. The molecule has 0 aromatic heterocycles. The van der Waals surface area contributed by atoms with Crippen molar-refractivity contribution in [1.29, 1.82) is 0 Å². The molecule has 9 heteroatoms. The summed E-state index contributed by atoms with van der Waals surface area (Å²) < 4.78 is 72.1. The van der Waals surface area contributed by atoms with Crippen LogP contribution in [0.3, 0.4) is 0 Å². The van der Waals surface area contributed by atoms with E-state index in [9.17, 15) is 26.7 Å². The normalized spacial score (nSPS) is 25.8. The molecule has 0 unspecified atom stereocenters. The van der Waals surface area contributed by atoms with Gasteiger partial charge in [0.2, 0.25) is 29.1 Å². The molecule has 0 saturated carbocycles. The maximum atomic E-state index is 13.7. The van der Waals surface area contributed by atoms with Gasteiger partial charge in [-0.05, 0) is 12.8 Å². The first-order valence-corrected chi connectivity index (χ1v) is 7.53. The maximum absolute atomic E-state index is 13.7. The lowest BCUT2D eigenvalue weighted by Gasteiger charge is -2.38. The fourth-order valence-corrected chi connectivity index (χ4v) is 3.54. The Bertz CT molecular complexity index is 641. The summed E-state index contributed by atoms with van der Waals surface area (Å²) in [4.78, 5) is 13.5. The number of carbonyl (C=O) groups is 1. The molecular weight excluding hydrogens is 335 g/mol. The molecule has 3 atom stereocenters. The van der Waals surface area contributed by atoms with Crippen LogP contribution < -0.4 is 10.1 Å². The molecule has 1 aromatic carbocycles. The minimum Gasteiger partial charge on any atom is -0.484 e. The molecule has 3 rings (SSSR count). The fourth-order valence-electron chi connectivity index (χ4n) is 3.54. The van der Waals surface area contributed by atoms with E-state index in [0.29, 0.717) is 12.8 Å². The van der Waals surface area contributed by atoms with Gasteiger partial charge in [0.05, 0.1) is 0 Å². The van der Waals surface area contributed by atoms with E-state index < -0.39 is 40.9 Å². The highest BCUT2D eigenvalue weighted by molar-refractivity contribution is 5.75. The van der Waals surface area contributed by atoms with E-state index in [1.165, 1.54) is 7.05 Å². The number of nitrogens with zero attached hydrogens (tertiary/aromatic N) is 1. The Balaban J connectivity index is 1.81. The standard InChI is InChI=1S/C15H15F5N2O2/c1-21-15(23)22-6-2-3-7(22)5-8(4-6)24-14-12(19)10(17)9(16)11(18)13(14)20/h6-8H,2-5H2,1H3,(H,21,23)/t6-,7+,8+.